The number of carbonyl (C=O) groups is 1. The average Bonchev–Trinajstić information content (AvgIpc) is 4.04. The molecule has 330 valence electrons. The number of anilines is 1. The van der Waals surface area contributed by atoms with Gasteiger partial charge in [-0.25, -0.2) is 4.98 Å². The summed E-state index contributed by atoms with van der Waals surface area (Å²) in [5.41, 5.74) is 11.2. The van der Waals surface area contributed by atoms with Crippen molar-refractivity contribution in [2.24, 2.45) is 7.05 Å². The molecule has 1 atom stereocenters. The SMILES string of the molecule is COCCn1cnc(-c2ccc3c(c2)c(N2CC(C)n4c(c(CCCOc5cc(C)c(Cl)c(C)c5)c5ccc(Cl)c(-c6c(C)nn(C)c6C)c54)C2=O)cn3CCN2CCOCC2)n1. The summed E-state index contributed by atoms with van der Waals surface area (Å²) in [6.45, 7) is 17.3. The van der Waals surface area contributed by atoms with Crippen LogP contribution in [-0.4, -0.2) is 104 Å². The smallest absolute Gasteiger partial charge is 0.275 e. The van der Waals surface area contributed by atoms with Crippen molar-refractivity contribution in [1.29, 1.82) is 0 Å². The summed E-state index contributed by atoms with van der Waals surface area (Å²) >= 11 is 13.7. The van der Waals surface area contributed by atoms with E-state index >= 15 is 4.79 Å². The van der Waals surface area contributed by atoms with E-state index in [1.165, 1.54) is 0 Å². The van der Waals surface area contributed by atoms with E-state index in [9.17, 15) is 0 Å². The Bertz CT molecular complexity index is 2830. The molecule has 0 saturated carbocycles. The topological polar surface area (TPSA) is 110 Å². The van der Waals surface area contributed by atoms with Gasteiger partial charge in [0, 0.05) is 97.3 Å². The van der Waals surface area contributed by atoms with Gasteiger partial charge in [-0.15, -0.1) is 0 Å². The Morgan fingerprint density at radius 3 is 2.41 bits per heavy atom. The fraction of sp³-hybridized carbons (Fsp3) is 0.417. The van der Waals surface area contributed by atoms with Crippen molar-refractivity contribution in [3.05, 3.63) is 98.8 Å². The molecule has 6 heterocycles. The van der Waals surface area contributed by atoms with Crippen LogP contribution in [-0.2, 0) is 36.0 Å². The minimum atomic E-state index is -0.104. The molecule has 3 aromatic carbocycles. The Morgan fingerprint density at radius 1 is 0.905 bits per heavy atom. The highest BCUT2D eigenvalue weighted by molar-refractivity contribution is 6.35. The second-order valence-electron chi connectivity index (χ2n) is 17.0. The largest absolute Gasteiger partial charge is 0.494 e. The van der Waals surface area contributed by atoms with Gasteiger partial charge in [0.05, 0.1) is 60.4 Å². The van der Waals surface area contributed by atoms with Crippen LogP contribution < -0.4 is 9.64 Å². The molecule has 1 fully saturated rings. The van der Waals surface area contributed by atoms with Gasteiger partial charge >= 0.3 is 0 Å². The molecular weight excluding hydrogens is 837 g/mol. The number of fused-ring (bicyclic) bond motifs is 4. The third-order valence-electron chi connectivity index (χ3n) is 12.8. The van der Waals surface area contributed by atoms with Crippen molar-refractivity contribution in [3.8, 4) is 28.3 Å². The van der Waals surface area contributed by atoms with Crippen LogP contribution in [0.15, 0.2) is 55.0 Å². The fourth-order valence-corrected chi connectivity index (χ4v) is 9.90. The molecule has 2 aliphatic rings. The van der Waals surface area contributed by atoms with E-state index < -0.39 is 0 Å². The first-order valence-corrected chi connectivity index (χ1v) is 22.6. The predicted octanol–water partition coefficient (Wildman–Crippen LogP) is 9.01. The third-order valence-corrected chi connectivity index (χ3v) is 13.7. The molecule has 2 aliphatic heterocycles. The van der Waals surface area contributed by atoms with Gasteiger partial charge < -0.3 is 28.2 Å². The van der Waals surface area contributed by atoms with Crippen LogP contribution in [0.4, 0.5) is 5.69 Å². The Balaban J connectivity index is 1.15. The van der Waals surface area contributed by atoms with Crippen LogP contribution in [0.2, 0.25) is 10.0 Å². The summed E-state index contributed by atoms with van der Waals surface area (Å²) in [5, 5.41) is 12.9. The average molecular weight is 893 g/mol. The summed E-state index contributed by atoms with van der Waals surface area (Å²) in [7, 11) is 3.64. The van der Waals surface area contributed by atoms with Crippen LogP contribution in [0.1, 0.15) is 58.0 Å². The molecule has 0 spiro atoms. The van der Waals surface area contributed by atoms with Gasteiger partial charge in [-0.3, -0.25) is 19.1 Å². The number of benzene rings is 3. The second kappa shape index (κ2) is 17.8. The van der Waals surface area contributed by atoms with Crippen LogP contribution in [0.25, 0.3) is 44.3 Å². The van der Waals surface area contributed by atoms with E-state index in [0.29, 0.717) is 55.7 Å². The minimum Gasteiger partial charge on any atom is -0.494 e. The lowest BCUT2D eigenvalue weighted by molar-refractivity contribution is 0.0365. The van der Waals surface area contributed by atoms with Gasteiger partial charge in [0.2, 0.25) is 0 Å². The molecule has 1 unspecified atom stereocenters. The normalized spacial score (nSPS) is 15.9. The summed E-state index contributed by atoms with van der Waals surface area (Å²) < 4.78 is 25.5. The lowest BCUT2D eigenvalue weighted by Gasteiger charge is -2.34. The monoisotopic (exact) mass is 891 g/mol. The maximum absolute atomic E-state index is 15.6. The van der Waals surface area contributed by atoms with Crippen LogP contribution in [0.5, 0.6) is 5.75 Å². The van der Waals surface area contributed by atoms with Gasteiger partial charge in [0.25, 0.3) is 5.91 Å². The van der Waals surface area contributed by atoms with E-state index in [0.717, 1.165) is 122 Å². The molecule has 15 heteroatoms. The van der Waals surface area contributed by atoms with Crippen LogP contribution in [0, 0.1) is 27.7 Å². The van der Waals surface area contributed by atoms with Crippen molar-refractivity contribution < 1.29 is 19.0 Å². The zero-order chi connectivity index (χ0) is 44.1. The number of hydrogen-bond donors (Lipinski definition) is 0. The van der Waals surface area contributed by atoms with Crippen molar-refractivity contribution in [2.45, 2.75) is 66.6 Å². The molecule has 0 N–H and O–H groups in total. The molecule has 0 aliphatic carbocycles. The molecule has 1 amide bonds. The number of methoxy groups -OCH3 is 1. The van der Waals surface area contributed by atoms with E-state index in [2.05, 4.69) is 63.3 Å². The summed E-state index contributed by atoms with van der Waals surface area (Å²) in [4.78, 5) is 24.7. The standard InChI is InChI=1S/C48H55Cl2N9O4/c1-29-23-35(24-30(2)44(29)50)63-19-8-9-36-37-11-12-39(49)43(42-32(4)52-54(6)33(42)5)45(37)59-31(3)26-58(48(60)46(36)59)41-27-56(15-14-55-16-21-62-22-17-55)40-13-10-34(25-38(40)41)47-51-28-57(53-47)18-20-61-7/h10-13,23-25,27-28,31H,8-9,14-22,26H2,1-7H3. The third kappa shape index (κ3) is 8.03. The Morgan fingerprint density at radius 2 is 1.68 bits per heavy atom. The van der Waals surface area contributed by atoms with Crippen molar-refractivity contribution in [3.63, 3.8) is 0 Å². The van der Waals surface area contributed by atoms with Crippen LogP contribution >= 0.6 is 23.2 Å². The molecule has 1 saturated heterocycles. The molecule has 0 bridgehead atoms. The molecule has 0 radical (unpaired) electrons. The number of aromatic nitrogens is 7. The van der Waals surface area contributed by atoms with Crippen LogP contribution in [0.3, 0.4) is 0 Å². The molecule has 63 heavy (non-hydrogen) atoms. The first kappa shape index (κ1) is 43.1. The summed E-state index contributed by atoms with van der Waals surface area (Å²) in [6, 6.07) is 14.3. The number of hydrogen-bond acceptors (Lipinski definition) is 8. The maximum Gasteiger partial charge on any atom is 0.275 e. The lowest BCUT2D eigenvalue weighted by Crippen LogP contribution is -2.42. The Labute approximate surface area is 378 Å². The molecular formula is C48H55Cl2N9O4. The lowest BCUT2D eigenvalue weighted by atomic mass is 9.98. The highest BCUT2D eigenvalue weighted by Gasteiger charge is 2.38. The number of amides is 1. The van der Waals surface area contributed by atoms with E-state index in [1.54, 1.807) is 18.1 Å². The summed E-state index contributed by atoms with van der Waals surface area (Å²) in [5.74, 6) is 1.36. The predicted molar refractivity (Wildman–Crippen MR) is 250 cm³/mol. The second-order valence-corrected chi connectivity index (χ2v) is 17.8. The Kier molecular flexibility index (Phi) is 12.2. The minimum absolute atomic E-state index is 0.0505. The van der Waals surface area contributed by atoms with Gasteiger partial charge in [-0.05, 0) is 101 Å². The molecule has 4 aromatic heterocycles. The first-order valence-electron chi connectivity index (χ1n) is 21.8. The molecule has 13 nitrogen and oxygen atoms in total. The van der Waals surface area contributed by atoms with Gasteiger partial charge in [0.1, 0.15) is 17.8 Å². The molecule has 7 aromatic rings. The number of rotatable bonds is 14. The van der Waals surface area contributed by atoms with Crippen molar-refractivity contribution >= 4 is 56.6 Å². The van der Waals surface area contributed by atoms with E-state index in [1.807, 2.05) is 55.6 Å². The maximum atomic E-state index is 15.6. The highest BCUT2D eigenvalue weighted by atomic mass is 35.5. The highest BCUT2D eigenvalue weighted by Crippen LogP contribution is 2.46. The first-order chi connectivity index (χ1) is 30.4. The van der Waals surface area contributed by atoms with E-state index in [-0.39, 0.29) is 11.9 Å². The number of carbonyl (C=O) groups excluding carboxylic acids is 1. The zero-order valence-electron chi connectivity index (χ0n) is 37.2. The quantitative estimate of drug-likeness (QED) is 0.0997. The van der Waals surface area contributed by atoms with Crippen molar-refractivity contribution in [2.75, 3.05) is 64.6 Å². The number of nitrogens with zero attached hydrogens (tertiary/aromatic N) is 9. The summed E-state index contributed by atoms with van der Waals surface area (Å²) in [6.07, 6.45) is 5.20. The molecule has 9 rings (SSSR count). The van der Waals surface area contributed by atoms with Gasteiger partial charge in [-0.1, -0.05) is 29.3 Å². The zero-order valence-corrected chi connectivity index (χ0v) is 38.7. The number of halogens is 2. The van der Waals surface area contributed by atoms with E-state index in [4.69, 9.17) is 47.6 Å². The Hall–Kier alpha value is -5.18. The van der Waals surface area contributed by atoms with Crippen molar-refractivity contribution in [1.82, 2.24) is 38.6 Å². The number of ether oxygens (including phenoxy) is 3. The number of aryl methyl sites for hydroxylation is 5. The van der Waals surface area contributed by atoms with Gasteiger partial charge in [-0.2, -0.15) is 10.2 Å². The number of morpholine rings is 1. The fourth-order valence-electron chi connectivity index (χ4n) is 9.55. The van der Waals surface area contributed by atoms with Gasteiger partial charge in [0.15, 0.2) is 5.82 Å².